The van der Waals surface area contributed by atoms with Gasteiger partial charge in [-0.3, -0.25) is 4.79 Å². The molecule has 0 bridgehead atoms. The van der Waals surface area contributed by atoms with Crippen molar-refractivity contribution < 1.29 is 20.1 Å². The first-order valence-corrected chi connectivity index (χ1v) is 24.7. The van der Waals surface area contributed by atoms with Gasteiger partial charge in [0.25, 0.3) is 0 Å². The van der Waals surface area contributed by atoms with Gasteiger partial charge in [-0.2, -0.15) is 0 Å². The second-order valence-corrected chi connectivity index (χ2v) is 17.0. The molecule has 0 aromatic carbocycles. The molecule has 0 aliphatic heterocycles. The van der Waals surface area contributed by atoms with Crippen molar-refractivity contribution in [1.29, 1.82) is 0 Å². The summed E-state index contributed by atoms with van der Waals surface area (Å²) in [6, 6.07) is -0.809. The maximum Gasteiger partial charge on any atom is 0.249 e. The molecular weight excluding hydrogens is 679 g/mol. The zero-order valence-electron chi connectivity index (χ0n) is 37.1. The van der Waals surface area contributed by atoms with Gasteiger partial charge in [0.1, 0.15) is 6.10 Å². The fourth-order valence-corrected chi connectivity index (χ4v) is 7.67. The topological polar surface area (TPSA) is 89.8 Å². The van der Waals surface area contributed by atoms with Crippen LogP contribution in [0.2, 0.25) is 0 Å². The Labute approximate surface area is 343 Å². The number of aliphatic hydroxyl groups is 3. The lowest BCUT2D eigenvalue weighted by atomic mass is 10.0. The minimum Gasteiger partial charge on any atom is -0.394 e. The zero-order valence-corrected chi connectivity index (χ0v) is 37.1. The Morgan fingerprint density at radius 3 is 1.11 bits per heavy atom. The maximum atomic E-state index is 12.4. The summed E-state index contributed by atoms with van der Waals surface area (Å²) < 4.78 is 0. The third-order valence-electron chi connectivity index (χ3n) is 11.5. The Balaban J connectivity index is 3.47. The van der Waals surface area contributed by atoms with E-state index in [1.807, 2.05) is 6.08 Å². The SMILES string of the molecule is CCCCCC/C=C/CC/C=C/C(O)C(CO)NC(=O)C(O)CCCCCCCCCCCCCCCCCCCCCCCCCCCCCCCCC. The van der Waals surface area contributed by atoms with E-state index < -0.39 is 24.2 Å². The number of aliphatic hydroxyl groups excluding tert-OH is 3. The van der Waals surface area contributed by atoms with Crippen LogP contribution in [-0.2, 0) is 4.79 Å². The van der Waals surface area contributed by atoms with E-state index in [-0.39, 0.29) is 6.61 Å². The molecule has 0 heterocycles. The van der Waals surface area contributed by atoms with Gasteiger partial charge in [-0.25, -0.2) is 0 Å². The maximum absolute atomic E-state index is 12.4. The first kappa shape index (κ1) is 53.8. The third-order valence-corrected chi connectivity index (χ3v) is 11.5. The largest absolute Gasteiger partial charge is 0.394 e. The van der Waals surface area contributed by atoms with Gasteiger partial charge < -0.3 is 20.6 Å². The van der Waals surface area contributed by atoms with Gasteiger partial charge in [-0.05, 0) is 32.1 Å². The van der Waals surface area contributed by atoms with Gasteiger partial charge in [-0.15, -0.1) is 0 Å². The molecule has 0 fully saturated rings. The van der Waals surface area contributed by atoms with E-state index in [2.05, 4.69) is 31.3 Å². The van der Waals surface area contributed by atoms with Crippen molar-refractivity contribution in [3.05, 3.63) is 24.3 Å². The summed E-state index contributed by atoms with van der Waals surface area (Å²) in [5.41, 5.74) is 0. The summed E-state index contributed by atoms with van der Waals surface area (Å²) >= 11 is 0. The molecule has 0 saturated heterocycles. The molecule has 0 rings (SSSR count). The van der Waals surface area contributed by atoms with Gasteiger partial charge in [0.15, 0.2) is 0 Å². The molecule has 0 aliphatic carbocycles. The van der Waals surface area contributed by atoms with Crippen LogP contribution in [0.1, 0.15) is 264 Å². The minimum atomic E-state index is -1.10. The van der Waals surface area contributed by atoms with Crippen molar-refractivity contribution in [2.75, 3.05) is 6.61 Å². The number of unbranched alkanes of at least 4 members (excludes halogenated alkanes) is 35. The highest BCUT2D eigenvalue weighted by Crippen LogP contribution is 2.17. The van der Waals surface area contributed by atoms with E-state index in [4.69, 9.17) is 0 Å². The molecule has 1 amide bonds. The molecule has 5 nitrogen and oxygen atoms in total. The zero-order chi connectivity index (χ0) is 40.1. The normalized spacial score (nSPS) is 13.6. The average Bonchev–Trinajstić information content (AvgIpc) is 3.19. The molecule has 0 aromatic rings. The van der Waals surface area contributed by atoms with Crippen LogP contribution in [0.3, 0.4) is 0 Å². The summed E-state index contributed by atoms with van der Waals surface area (Å²) in [4.78, 5) is 12.4. The van der Waals surface area contributed by atoms with E-state index in [9.17, 15) is 20.1 Å². The van der Waals surface area contributed by atoms with Gasteiger partial charge in [-0.1, -0.05) is 256 Å². The molecule has 326 valence electrons. The number of hydrogen-bond acceptors (Lipinski definition) is 4. The first-order chi connectivity index (χ1) is 27.1. The highest BCUT2D eigenvalue weighted by molar-refractivity contribution is 5.80. The van der Waals surface area contributed by atoms with Crippen LogP contribution in [0.15, 0.2) is 24.3 Å². The first-order valence-electron chi connectivity index (χ1n) is 24.7. The third kappa shape index (κ3) is 40.8. The number of nitrogens with one attached hydrogen (secondary N) is 1. The average molecular weight is 776 g/mol. The summed E-state index contributed by atoms with van der Waals surface area (Å²) in [5.74, 6) is -0.511. The fraction of sp³-hybridized carbons (Fsp3) is 0.900. The molecule has 4 N–H and O–H groups in total. The summed E-state index contributed by atoms with van der Waals surface area (Å²) in [5, 5.41) is 33.0. The molecular formula is C50H97NO4. The minimum absolute atomic E-state index is 0.374. The van der Waals surface area contributed by atoms with E-state index in [0.29, 0.717) is 6.42 Å². The Morgan fingerprint density at radius 1 is 0.436 bits per heavy atom. The van der Waals surface area contributed by atoms with E-state index in [1.54, 1.807) is 6.08 Å². The fourth-order valence-electron chi connectivity index (χ4n) is 7.67. The molecule has 3 unspecified atom stereocenters. The van der Waals surface area contributed by atoms with Crippen molar-refractivity contribution >= 4 is 5.91 Å². The quantitative estimate of drug-likeness (QED) is 0.0366. The molecule has 5 heteroatoms. The Hall–Kier alpha value is -1.17. The lowest BCUT2D eigenvalue weighted by Gasteiger charge is -2.21. The van der Waals surface area contributed by atoms with Gasteiger partial charge in [0.05, 0.1) is 18.8 Å². The second kappa shape index (κ2) is 45.5. The standard InChI is InChI=1S/C50H97NO4/c1-3-5-7-9-11-13-15-16-17-18-19-20-21-22-23-24-25-26-27-28-29-30-31-32-33-34-35-37-39-41-43-45-49(54)50(55)51-47(46-52)48(53)44-42-40-38-36-14-12-10-8-6-4-2/h14,36,42,44,47-49,52-54H,3-13,15-35,37-41,43,45-46H2,1-2H3,(H,51,55)/b36-14+,44-42+. The van der Waals surface area contributed by atoms with Crippen molar-refractivity contribution in [2.24, 2.45) is 0 Å². The predicted molar refractivity (Wildman–Crippen MR) is 241 cm³/mol. The molecule has 0 radical (unpaired) electrons. The van der Waals surface area contributed by atoms with Crippen molar-refractivity contribution in [2.45, 2.75) is 283 Å². The van der Waals surface area contributed by atoms with Crippen molar-refractivity contribution in [3.8, 4) is 0 Å². The van der Waals surface area contributed by atoms with E-state index in [0.717, 1.165) is 38.5 Å². The number of carbonyl (C=O) groups is 1. The number of hydrogen-bond donors (Lipinski definition) is 4. The Kier molecular flexibility index (Phi) is 44.6. The number of carbonyl (C=O) groups excluding carboxylic acids is 1. The molecule has 0 spiro atoms. The van der Waals surface area contributed by atoms with Crippen LogP contribution in [0.4, 0.5) is 0 Å². The lowest BCUT2D eigenvalue weighted by molar-refractivity contribution is -0.131. The van der Waals surface area contributed by atoms with Crippen LogP contribution >= 0.6 is 0 Å². The predicted octanol–water partition coefficient (Wildman–Crippen LogP) is 14.6. The molecule has 3 atom stereocenters. The number of allylic oxidation sites excluding steroid dienone is 3. The Bertz CT molecular complexity index is 814. The van der Waals surface area contributed by atoms with Crippen LogP contribution in [-0.4, -0.2) is 46.1 Å². The second-order valence-electron chi connectivity index (χ2n) is 17.0. The van der Waals surface area contributed by atoms with Crippen LogP contribution in [0, 0.1) is 0 Å². The molecule has 0 aromatic heterocycles. The lowest BCUT2D eigenvalue weighted by Crippen LogP contribution is -2.48. The number of rotatable bonds is 45. The summed E-state index contributed by atoms with van der Waals surface area (Å²) in [7, 11) is 0. The number of amides is 1. The molecule has 0 saturated carbocycles. The Morgan fingerprint density at radius 2 is 0.745 bits per heavy atom. The smallest absolute Gasteiger partial charge is 0.249 e. The van der Waals surface area contributed by atoms with E-state index >= 15 is 0 Å². The monoisotopic (exact) mass is 776 g/mol. The molecule has 0 aliphatic rings. The summed E-state index contributed by atoms with van der Waals surface area (Å²) in [6.07, 6.45) is 56.9. The van der Waals surface area contributed by atoms with Crippen molar-refractivity contribution in [1.82, 2.24) is 5.32 Å². The van der Waals surface area contributed by atoms with Crippen molar-refractivity contribution in [3.63, 3.8) is 0 Å². The highest BCUT2D eigenvalue weighted by Gasteiger charge is 2.22. The van der Waals surface area contributed by atoms with Crippen LogP contribution in [0.5, 0.6) is 0 Å². The van der Waals surface area contributed by atoms with Gasteiger partial charge >= 0.3 is 0 Å². The van der Waals surface area contributed by atoms with Gasteiger partial charge in [0.2, 0.25) is 5.91 Å². The molecule has 55 heavy (non-hydrogen) atoms. The van der Waals surface area contributed by atoms with Crippen LogP contribution < -0.4 is 5.32 Å². The van der Waals surface area contributed by atoms with Crippen LogP contribution in [0.25, 0.3) is 0 Å². The van der Waals surface area contributed by atoms with Gasteiger partial charge in [0, 0.05) is 0 Å². The van der Waals surface area contributed by atoms with E-state index in [1.165, 1.54) is 205 Å². The highest BCUT2D eigenvalue weighted by atomic mass is 16.3. The summed E-state index contributed by atoms with van der Waals surface area (Å²) in [6.45, 7) is 4.15.